The third-order valence-corrected chi connectivity index (χ3v) is 5.41. The summed E-state index contributed by atoms with van der Waals surface area (Å²) in [5.41, 5.74) is 9.14. The molecular formula is C16H26Li2N7O7P. The van der Waals surface area contributed by atoms with Gasteiger partial charge < -0.3 is 45.0 Å². The fourth-order valence-electron chi connectivity index (χ4n) is 3.38. The van der Waals surface area contributed by atoms with E-state index in [4.69, 9.17) is 15.9 Å². The Morgan fingerprint density at radius 2 is 1.88 bits per heavy atom. The second-order valence-corrected chi connectivity index (χ2v) is 8.34. The first-order valence-corrected chi connectivity index (χ1v) is 11.3. The Balaban J connectivity index is 0.00000272. The van der Waals surface area contributed by atoms with Gasteiger partial charge in [-0.15, -0.1) is 0 Å². The van der Waals surface area contributed by atoms with Gasteiger partial charge in [0.2, 0.25) is 0 Å². The molecule has 0 saturated carbocycles. The number of aromatic nitrogens is 4. The smallest absolute Gasteiger partial charge is 0.790 e. The summed E-state index contributed by atoms with van der Waals surface area (Å²) in [5.74, 6) is 0. The second kappa shape index (κ2) is 13.4. The van der Waals surface area contributed by atoms with Crippen molar-refractivity contribution in [3.8, 4) is 0 Å². The van der Waals surface area contributed by atoms with Crippen LogP contribution in [0.2, 0.25) is 0 Å². The minimum Gasteiger partial charge on any atom is -0.790 e. The maximum Gasteiger partial charge on any atom is 1.00 e. The Labute approximate surface area is 214 Å². The van der Waals surface area contributed by atoms with Crippen molar-refractivity contribution in [2.24, 2.45) is 5.73 Å². The van der Waals surface area contributed by atoms with E-state index in [1.54, 1.807) is 4.68 Å². The van der Waals surface area contributed by atoms with Crippen molar-refractivity contribution in [1.82, 2.24) is 19.2 Å². The number of unbranched alkanes of at least 4 members (excludes halogenated alkanes) is 3. The SMILES string of the molecule is N=c1ncn(NCCCCCCN)c2c1ncn2[C@@H]1O[C@H](COP(=O)([O-])[O-])[C@@H](O)[C@H]1O.[Li+].[Li+]. The quantitative estimate of drug-likeness (QED) is 0.117. The van der Waals surface area contributed by atoms with Gasteiger partial charge in [0.25, 0.3) is 0 Å². The molecule has 6 N–H and O–H groups in total. The van der Waals surface area contributed by atoms with Gasteiger partial charge in [0.1, 0.15) is 24.6 Å². The van der Waals surface area contributed by atoms with Crippen molar-refractivity contribution < 1.29 is 71.5 Å². The predicted octanol–water partition coefficient (Wildman–Crippen LogP) is -8.75. The number of phosphoric ester groups is 1. The number of phosphoric acid groups is 1. The molecule has 0 unspecified atom stereocenters. The normalized spacial score (nSPS) is 22.7. The molecule has 2 aromatic heterocycles. The molecule has 0 radical (unpaired) electrons. The molecule has 1 saturated heterocycles. The van der Waals surface area contributed by atoms with Gasteiger partial charge in [-0.3, -0.25) is 9.98 Å². The number of nitrogens with zero attached hydrogens (tertiary/aromatic N) is 4. The van der Waals surface area contributed by atoms with Crippen LogP contribution < -0.4 is 64.2 Å². The number of nitrogens with one attached hydrogen (secondary N) is 2. The fraction of sp³-hybridized carbons (Fsp3) is 0.688. The van der Waals surface area contributed by atoms with Gasteiger partial charge in [0, 0.05) is 6.54 Å². The van der Waals surface area contributed by atoms with Crippen LogP contribution in [0.5, 0.6) is 0 Å². The van der Waals surface area contributed by atoms with Crippen molar-refractivity contribution in [3.05, 3.63) is 18.1 Å². The number of aliphatic hydroxyl groups excluding tert-OH is 2. The van der Waals surface area contributed by atoms with Crippen molar-refractivity contribution in [1.29, 1.82) is 5.41 Å². The minimum absolute atomic E-state index is 0. The number of hydrogen-bond acceptors (Lipinski definition) is 12. The summed E-state index contributed by atoms with van der Waals surface area (Å²) in [7, 11) is -5.27. The molecule has 2 aromatic rings. The van der Waals surface area contributed by atoms with E-state index >= 15 is 0 Å². The predicted molar refractivity (Wildman–Crippen MR) is 103 cm³/mol. The zero-order valence-electron chi connectivity index (χ0n) is 18.7. The van der Waals surface area contributed by atoms with Crippen LogP contribution in [0.15, 0.2) is 12.7 Å². The monoisotopic (exact) mass is 473 g/mol. The van der Waals surface area contributed by atoms with Crippen LogP contribution in [0, 0.1) is 5.41 Å². The summed E-state index contributed by atoms with van der Waals surface area (Å²) >= 11 is 0. The average Bonchev–Trinajstić information content (AvgIpc) is 3.27. The van der Waals surface area contributed by atoms with Crippen LogP contribution in [-0.2, 0) is 13.8 Å². The van der Waals surface area contributed by atoms with Crippen molar-refractivity contribution in [3.63, 3.8) is 0 Å². The van der Waals surface area contributed by atoms with Gasteiger partial charge in [0.05, 0.1) is 20.8 Å². The summed E-state index contributed by atoms with van der Waals surface area (Å²) in [6.07, 6.45) is 1.16. The third kappa shape index (κ3) is 7.64. The topological polar surface area (TPSA) is 220 Å². The minimum atomic E-state index is -5.27. The Morgan fingerprint density at radius 1 is 1.18 bits per heavy atom. The van der Waals surface area contributed by atoms with E-state index in [0.29, 0.717) is 18.7 Å². The number of imidazole rings is 1. The van der Waals surface area contributed by atoms with Gasteiger partial charge in [-0.1, -0.05) is 12.8 Å². The number of hydrogen-bond donors (Lipinski definition) is 5. The Bertz CT molecular complexity index is 988. The maximum atomic E-state index is 10.7. The first-order valence-electron chi connectivity index (χ1n) is 9.84. The first-order chi connectivity index (χ1) is 14.7. The number of ether oxygens (including phenoxy) is 1. The van der Waals surface area contributed by atoms with Crippen molar-refractivity contribution in [2.45, 2.75) is 50.2 Å². The fourth-order valence-corrected chi connectivity index (χ4v) is 3.71. The van der Waals surface area contributed by atoms with Gasteiger partial charge in [-0.05, 0) is 19.4 Å². The van der Waals surface area contributed by atoms with Crippen LogP contribution in [0.3, 0.4) is 0 Å². The van der Waals surface area contributed by atoms with Crippen LogP contribution in [0.4, 0.5) is 0 Å². The summed E-state index contributed by atoms with van der Waals surface area (Å²) in [4.78, 5) is 29.6. The van der Waals surface area contributed by atoms with Crippen LogP contribution in [-0.4, -0.2) is 67.4 Å². The van der Waals surface area contributed by atoms with E-state index in [1.165, 1.54) is 17.2 Å². The van der Waals surface area contributed by atoms with E-state index < -0.39 is 39.0 Å². The molecule has 17 heteroatoms. The summed E-state index contributed by atoms with van der Waals surface area (Å²) in [6.45, 7) is 0.515. The molecule has 14 nitrogen and oxygen atoms in total. The van der Waals surface area contributed by atoms with Crippen molar-refractivity contribution in [2.75, 3.05) is 25.1 Å². The zero-order chi connectivity index (χ0) is 22.6. The molecule has 0 aromatic carbocycles. The maximum absolute atomic E-state index is 10.7. The van der Waals surface area contributed by atoms with E-state index in [1.807, 2.05) is 0 Å². The molecule has 1 aliphatic heterocycles. The van der Waals surface area contributed by atoms with E-state index in [-0.39, 0.29) is 48.7 Å². The Morgan fingerprint density at radius 3 is 2.55 bits per heavy atom. The molecule has 0 amide bonds. The van der Waals surface area contributed by atoms with Crippen molar-refractivity contribution >= 4 is 19.0 Å². The molecule has 33 heavy (non-hydrogen) atoms. The first kappa shape index (κ1) is 30.3. The molecule has 3 rings (SSSR count). The Hall–Kier alpha value is -0.705. The molecule has 1 fully saturated rings. The average molecular weight is 473 g/mol. The molecule has 0 bridgehead atoms. The van der Waals surface area contributed by atoms with Gasteiger partial charge >= 0.3 is 37.7 Å². The second-order valence-electron chi connectivity index (χ2n) is 7.19. The van der Waals surface area contributed by atoms with E-state index in [9.17, 15) is 24.6 Å². The van der Waals surface area contributed by atoms with Gasteiger partial charge in [-0.2, -0.15) is 0 Å². The molecule has 1 aliphatic rings. The molecule has 3 heterocycles. The summed E-state index contributed by atoms with van der Waals surface area (Å²) in [6, 6.07) is 0. The molecule has 0 spiro atoms. The molecule has 4 atom stereocenters. The zero-order valence-corrected chi connectivity index (χ0v) is 19.6. The number of fused-ring (bicyclic) bond motifs is 1. The molecule has 0 aliphatic carbocycles. The standard InChI is InChI=1S/C16H28N7O7P.2Li/c17-5-3-1-2-4-6-21-23-9-20-14(18)11-15(23)22(8-19-11)16-13(25)12(24)10(30-16)7-29-31(26,27)28;;/h8-10,12-13,16,18,21,24-25H,1-7,17H2,(H2,26,27,28);;/q;2*+1/p-2/t10-,12-,13-,16-;;/m1../s1. The van der Waals surface area contributed by atoms with Crippen LogP contribution in [0.1, 0.15) is 31.9 Å². The van der Waals surface area contributed by atoms with Gasteiger partial charge in [-0.25, -0.2) is 14.6 Å². The molecular weight excluding hydrogens is 447 g/mol. The van der Waals surface area contributed by atoms with Gasteiger partial charge in [0.15, 0.2) is 22.9 Å². The third-order valence-electron chi connectivity index (χ3n) is 4.94. The number of rotatable bonds is 11. The summed E-state index contributed by atoms with van der Waals surface area (Å²) in [5, 5.41) is 28.6. The summed E-state index contributed by atoms with van der Waals surface area (Å²) < 4.78 is 23.4. The number of aliphatic hydroxyl groups is 2. The largest absolute Gasteiger partial charge is 1.00 e. The molecule has 174 valence electrons. The van der Waals surface area contributed by atoms with E-state index in [2.05, 4.69) is 19.9 Å². The van der Waals surface area contributed by atoms with Crippen LogP contribution >= 0.6 is 7.82 Å². The van der Waals surface area contributed by atoms with E-state index in [0.717, 1.165) is 25.7 Å². The number of nitrogens with two attached hydrogens (primary N) is 1. The van der Waals surface area contributed by atoms with Crippen LogP contribution in [0.25, 0.3) is 11.2 Å². The Kier molecular flexibility index (Phi) is 12.3.